The quantitative estimate of drug-likeness (QED) is 0.423. The molecular weight excluding hydrogens is 432 g/mol. The summed E-state index contributed by atoms with van der Waals surface area (Å²) < 4.78 is 13.8. The van der Waals surface area contributed by atoms with Crippen LogP contribution in [0.5, 0.6) is 0 Å². The zero-order valence-corrected chi connectivity index (χ0v) is 16.5. The van der Waals surface area contributed by atoms with E-state index in [0.717, 1.165) is 18.9 Å². The molecule has 1 aliphatic rings. The summed E-state index contributed by atoms with van der Waals surface area (Å²) in [5.74, 6) is 0.908. The van der Waals surface area contributed by atoms with E-state index in [4.69, 9.17) is 0 Å². The summed E-state index contributed by atoms with van der Waals surface area (Å²) >= 11 is 0. The number of aliphatic imine (C=N–C) groups is 1. The van der Waals surface area contributed by atoms with Crippen LogP contribution in [0.25, 0.3) is 0 Å². The van der Waals surface area contributed by atoms with Crippen molar-refractivity contribution in [1.82, 2.24) is 15.6 Å². The van der Waals surface area contributed by atoms with Crippen LogP contribution in [-0.4, -0.2) is 37.1 Å². The molecule has 0 saturated carbocycles. The number of hydrogen-bond donors (Lipinski definition) is 2. The summed E-state index contributed by atoms with van der Waals surface area (Å²) in [5.41, 5.74) is 1.20. The van der Waals surface area contributed by atoms with Crippen molar-refractivity contribution in [2.45, 2.75) is 19.0 Å². The maximum atomic E-state index is 13.8. The van der Waals surface area contributed by atoms with Crippen molar-refractivity contribution < 1.29 is 4.39 Å². The van der Waals surface area contributed by atoms with E-state index < -0.39 is 0 Å². The Kier molecular flexibility index (Phi) is 7.42. The molecule has 1 atom stereocenters. The molecule has 2 aromatic rings. The van der Waals surface area contributed by atoms with Gasteiger partial charge in [0.05, 0.1) is 0 Å². The Bertz CT molecular complexity index is 695. The van der Waals surface area contributed by atoms with Crippen LogP contribution in [0.1, 0.15) is 12.0 Å². The number of hydrogen-bond acceptors (Lipinski definition) is 3. The molecular formula is C18H23FIN5. The molecule has 1 aromatic heterocycles. The van der Waals surface area contributed by atoms with Crippen LogP contribution in [0.3, 0.4) is 0 Å². The molecule has 1 aromatic carbocycles. The molecule has 25 heavy (non-hydrogen) atoms. The predicted molar refractivity (Wildman–Crippen MR) is 110 cm³/mol. The largest absolute Gasteiger partial charge is 0.352 e. The SMILES string of the molecule is CN=C(NCc1ccccc1)NC1CCN(c2ncccc2F)C1.I. The molecule has 7 heteroatoms. The zero-order valence-electron chi connectivity index (χ0n) is 14.2. The van der Waals surface area contributed by atoms with Gasteiger partial charge in [0, 0.05) is 38.9 Å². The average molecular weight is 455 g/mol. The van der Waals surface area contributed by atoms with Crippen LogP contribution in [0, 0.1) is 5.82 Å². The Balaban J connectivity index is 0.00000225. The Morgan fingerprint density at radius 2 is 2.08 bits per heavy atom. The third kappa shape index (κ3) is 5.29. The van der Waals surface area contributed by atoms with E-state index in [1.165, 1.54) is 11.6 Å². The molecule has 0 amide bonds. The first-order valence-corrected chi connectivity index (χ1v) is 8.13. The van der Waals surface area contributed by atoms with Gasteiger partial charge in [0.15, 0.2) is 17.6 Å². The summed E-state index contributed by atoms with van der Waals surface area (Å²) in [4.78, 5) is 10.4. The molecule has 0 aliphatic carbocycles. The molecule has 0 radical (unpaired) electrons. The number of guanidine groups is 1. The summed E-state index contributed by atoms with van der Waals surface area (Å²) in [6, 6.07) is 13.5. The summed E-state index contributed by atoms with van der Waals surface area (Å²) in [6.45, 7) is 2.20. The smallest absolute Gasteiger partial charge is 0.191 e. The van der Waals surface area contributed by atoms with Crippen LogP contribution >= 0.6 is 24.0 Å². The third-order valence-electron chi connectivity index (χ3n) is 4.09. The van der Waals surface area contributed by atoms with Gasteiger partial charge in [-0.05, 0) is 24.1 Å². The lowest BCUT2D eigenvalue weighted by Gasteiger charge is -2.20. The van der Waals surface area contributed by atoms with Gasteiger partial charge in [0.25, 0.3) is 0 Å². The second kappa shape index (κ2) is 9.55. The van der Waals surface area contributed by atoms with E-state index in [2.05, 4.69) is 32.7 Å². The number of nitrogens with zero attached hydrogens (tertiary/aromatic N) is 3. The van der Waals surface area contributed by atoms with Gasteiger partial charge < -0.3 is 15.5 Å². The van der Waals surface area contributed by atoms with Crippen LogP contribution < -0.4 is 15.5 Å². The molecule has 1 saturated heterocycles. The maximum Gasteiger partial charge on any atom is 0.191 e. The van der Waals surface area contributed by atoms with Crippen LogP contribution in [0.4, 0.5) is 10.2 Å². The van der Waals surface area contributed by atoms with Gasteiger partial charge in [-0.25, -0.2) is 9.37 Å². The Hall–Kier alpha value is -1.90. The number of pyridine rings is 1. The van der Waals surface area contributed by atoms with Crippen LogP contribution in [-0.2, 0) is 6.54 Å². The number of halogens is 2. The molecule has 1 aliphatic heterocycles. The minimum Gasteiger partial charge on any atom is -0.352 e. The summed E-state index contributed by atoms with van der Waals surface area (Å²) in [7, 11) is 1.76. The highest BCUT2D eigenvalue weighted by atomic mass is 127. The number of nitrogens with one attached hydrogen (secondary N) is 2. The van der Waals surface area contributed by atoms with Crippen LogP contribution in [0.15, 0.2) is 53.7 Å². The Morgan fingerprint density at radius 3 is 2.80 bits per heavy atom. The Morgan fingerprint density at radius 1 is 1.28 bits per heavy atom. The monoisotopic (exact) mass is 455 g/mol. The molecule has 2 heterocycles. The molecule has 0 spiro atoms. The van der Waals surface area contributed by atoms with Crippen molar-refractivity contribution in [2.75, 3.05) is 25.0 Å². The first-order chi connectivity index (χ1) is 11.8. The highest BCUT2D eigenvalue weighted by Crippen LogP contribution is 2.20. The van der Waals surface area contributed by atoms with Crippen molar-refractivity contribution >= 4 is 35.8 Å². The lowest BCUT2D eigenvalue weighted by atomic mass is 10.2. The lowest BCUT2D eigenvalue weighted by molar-refractivity contribution is 0.612. The van der Waals surface area contributed by atoms with Crippen molar-refractivity contribution in [3.8, 4) is 0 Å². The van der Waals surface area contributed by atoms with Gasteiger partial charge in [0.2, 0.25) is 0 Å². The second-order valence-corrected chi connectivity index (χ2v) is 5.80. The summed E-state index contributed by atoms with van der Waals surface area (Å²) in [6.07, 6.45) is 2.54. The van der Waals surface area contributed by atoms with Gasteiger partial charge in [-0.2, -0.15) is 0 Å². The van der Waals surface area contributed by atoms with Crippen molar-refractivity contribution in [2.24, 2.45) is 4.99 Å². The normalized spacial score (nSPS) is 17.1. The molecule has 2 N–H and O–H groups in total. The van der Waals surface area contributed by atoms with Gasteiger partial charge in [-0.15, -0.1) is 24.0 Å². The number of aromatic nitrogens is 1. The van der Waals surface area contributed by atoms with Crippen LogP contribution in [0.2, 0.25) is 0 Å². The fourth-order valence-electron chi connectivity index (χ4n) is 2.85. The van der Waals surface area contributed by atoms with Gasteiger partial charge >= 0.3 is 0 Å². The van der Waals surface area contributed by atoms with Gasteiger partial charge in [0.1, 0.15) is 0 Å². The molecule has 134 valence electrons. The standard InChI is InChI=1S/C18H22FN5.HI/c1-20-18(22-12-14-6-3-2-4-7-14)23-15-9-11-24(13-15)17-16(19)8-5-10-21-17;/h2-8,10,15H,9,11-13H2,1H3,(H2,20,22,23);1H. The fraction of sp³-hybridized carbons (Fsp3) is 0.333. The first-order valence-electron chi connectivity index (χ1n) is 8.13. The van der Waals surface area contributed by atoms with E-state index in [0.29, 0.717) is 18.9 Å². The fourth-order valence-corrected chi connectivity index (χ4v) is 2.85. The highest BCUT2D eigenvalue weighted by molar-refractivity contribution is 14.0. The average Bonchev–Trinajstić information content (AvgIpc) is 3.08. The lowest BCUT2D eigenvalue weighted by Crippen LogP contribution is -2.44. The molecule has 5 nitrogen and oxygen atoms in total. The minimum atomic E-state index is -0.273. The minimum absolute atomic E-state index is 0. The van der Waals surface area contributed by atoms with E-state index in [-0.39, 0.29) is 35.8 Å². The maximum absolute atomic E-state index is 13.8. The first kappa shape index (κ1) is 19.4. The van der Waals surface area contributed by atoms with Gasteiger partial charge in [-0.1, -0.05) is 30.3 Å². The predicted octanol–water partition coefficient (Wildman–Crippen LogP) is 2.78. The second-order valence-electron chi connectivity index (χ2n) is 5.80. The molecule has 0 bridgehead atoms. The van der Waals surface area contributed by atoms with Crippen molar-refractivity contribution in [3.05, 3.63) is 60.0 Å². The van der Waals surface area contributed by atoms with E-state index in [1.807, 2.05) is 23.1 Å². The molecule has 1 unspecified atom stereocenters. The zero-order chi connectivity index (χ0) is 16.8. The van der Waals surface area contributed by atoms with Gasteiger partial charge in [-0.3, -0.25) is 4.99 Å². The number of benzene rings is 1. The highest BCUT2D eigenvalue weighted by Gasteiger charge is 2.25. The summed E-state index contributed by atoms with van der Waals surface area (Å²) in [5, 5.41) is 6.71. The Labute approximate surface area is 164 Å². The number of rotatable bonds is 4. The third-order valence-corrected chi connectivity index (χ3v) is 4.09. The van der Waals surface area contributed by atoms with Crippen molar-refractivity contribution in [3.63, 3.8) is 0 Å². The number of anilines is 1. The van der Waals surface area contributed by atoms with E-state index in [9.17, 15) is 4.39 Å². The van der Waals surface area contributed by atoms with Crippen molar-refractivity contribution in [1.29, 1.82) is 0 Å². The molecule has 3 rings (SSSR count). The van der Waals surface area contributed by atoms with E-state index >= 15 is 0 Å². The topological polar surface area (TPSA) is 52.6 Å². The van der Waals surface area contributed by atoms with E-state index in [1.54, 1.807) is 19.3 Å². The molecule has 1 fully saturated rings.